The Labute approximate surface area is 103 Å². The van der Waals surface area contributed by atoms with Crippen molar-refractivity contribution in [3.63, 3.8) is 0 Å². The van der Waals surface area contributed by atoms with Crippen molar-refractivity contribution < 1.29 is 8.42 Å². The maximum atomic E-state index is 11.3. The molecule has 4 nitrogen and oxygen atoms in total. The summed E-state index contributed by atoms with van der Waals surface area (Å²) in [7, 11) is -2.96. The number of aryl methyl sites for hydroxylation is 1. The molecule has 1 atom stereocenters. The molecule has 17 heavy (non-hydrogen) atoms. The van der Waals surface area contributed by atoms with Crippen molar-refractivity contribution in [2.45, 2.75) is 26.3 Å². The lowest BCUT2D eigenvalue weighted by Gasteiger charge is -2.16. The minimum Gasteiger partial charge on any atom is -0.313 e. The third kappa shape index (κ3) is 5.79. The largest absolute Gasteiger partial charge is 0.313 e. The highest BCUT2D eigenvalue weighted by atomic mass is 32.2. The first-order chi connectivity index (χ1) is 7.90. The van der Waals surface area contributed by atoms with E-state index in [1.54, 1.807) is 6.20 Å². The molecule has 0 aliphatic heterocycles. The molecule has 0 aliphatic rings. The quantitative estimate of drug-likeness (QED) is 0.823. The van der Waals surface area contributed by atoms with E-state index in [1.165, 1.54) is 6.26 Å². The molecule has 0 bridgehead atoms. The zero-order valence-corrected chi connectivity index (χ0v) is 11.4. The van der Waals surface area contributed by atoms with Crippen LogP contribution in [0.4, 0.5) is 0 Å². The van der Waals surface area contributed by atoms with Gasteiger partial charge in [0.05, 0.1) is 5.75 Å². The minimum atomic E-state index is -2.96. The predicted octanol–water partition coefficient (Wildman–Crippen LogP) is 0.955. The fourth-order valence-corrected chi connectivity index (χ4v) is 2.68. The average Bonchev–Trinajstić information content (AvgIpc) is 2.19. The van der Waals surface area contributed by atoms with Crippen LogP contribution in [0.2, 0.25) is 0 Å². The second-order valence-corrected chi connectivity index (χ2v) is 6.56. The van der Waals surface area contributed by atoms with Crippen LogP contribution in [0.25, 0.3) is 0 Å². The van der Waals surface area contributed by atoms with Crippen LogP contribution in [-0.2, 0) is 16.3 Å². The number of aromatic nitrogens is 1. The smallest absolute Gasteiger partial charge is 0.148 e. The zero-order valence-electron chi connectivity index (χ0n) is 10.6. The minimum absolute atomic E-state index is 0.0646. The van der Waals surface area contributed by atoms with Gasteiger partial charge in [-0.1, -0.05) is 13.0 Å². The Morgan fingerprint density at radius 2 is 2.12 bits per heavy atom. The Morgan fingerprint density at radius 1 is 1.41 bits per heavy atom. The summed E-state index contributed by atoms with van der Waals surface area (Å²) in [5.74, 6) is 0.149. The summed E-state index contributed by atoms with van der Waals surface area (Å²) in [5.41, 5.74) is 2.03. The lowest BCUT2D eigenvalue weighted by Crippen LogP contribution is -2.37. The topological polar surface area (TPSA) is 59.1 Å². The standard InChI is InChI=1S/C12H20N2O2S/c1-4-13-12(9-17(3,15)16)7-11-6-5-10(2)8-14-11/h5-6,8,12-13H,4,7,9H2,1-3H3. The van der Waals surface area contributed by atoms with Crippen molar-refractivity contribution >= 4 is 9.84 Å². The zero-order chi connectivity index (χ0) is 12.9. The van der Waals surface area contributed by atoms with Crippen molar-refractivity contribution in [2.24, 2.45) is 0 Å². The molecule has 0 fully saturated rings. The first-order valence-corrected chi connectivity index (χ1v) is 7.79. The number of hydrogen-bond acceptors (Lipinski definition) is 4. The van der Waals surface area contributed by atoms with Gasteiger partial charge in [-0.3, -0.25) is 4.98 Å². The summed E-state index contributed by atoms with van der Waals surface area (Å²) in [6.45, 7) is 4.71. The van der Waals surface area contributed by atoms with E-state index in [9.17, 15) is 8.42 Å². The van der Waals surface area contributed by atoms with E-state index < -0.39 is 9.84 Å². The SMILES string of the molecule is CCNC(Cc1ccc(C)cn1)CS(C)(=O)=O. The molecular formula is C12H20N2O2S. The van der Waals surface area contributed by atoms with Gasteiger partial charge in [-0.05, 0) is 25.1 Å². The van der Waals surface area contributed by atoms with Gasteiger partial charge in [0.1, 0.15) is 9.84 Å². The Hall–Kier alpha value is -0.940. The fourth-order valence-electron chi connectivity index (χ4n) is 1.72. The van der Waals surface area contributed by atoms with Gasteiger partial charge in [0.15, 0.2) is 0 Å². The molecule has 1 N–H and O–H groups in total. The van der Waals surface area contributed by atoms with Gasteiger partial charge in [-0.25, -0.2) is 8.42 Å². The third-order valence-corrected chi connectivity index (χ3v) is 3.43. The molecule has 5 heteroatoms. The molecule has 1 rings (SSSR count). The highest BCUT2D eigenvalue weighted by Crippen LogP contribution is 2.04. The highest BCUT2D eigenvalue weighted by molar-refractivity contribution is 7.90. The molecule has 0 aliphatic carbocycles. The summed E-state index contributed by atoms with van der Waals surface area (Å²) in [5, 5.41) is 3.18. The Morgan fingerprint density at radius 3 is 2.59 bits per heavy atom. The molecule has 1 unspecified atom stereocenters. The summed E-state index contributed by atoms with van der Waals surface area (Å²) in [6.07, 6.45) is 3.71. The number of nitrogens with zero attached hydrogens (tertiary/aromatic N) is 1. The number of likely N-dealkylation sites (N-methyl/N-ethyl adjacent to an activating group) is 1. The van der Waals surface area contributed by atoms with Gasteiger partial charge in [-0.2, -0.15) is 0 Å². The van der Waals surface area contributed by atoms with Crippen LogP contribution in [0.3, 0.4) is 0 Å². The van der Waals surface area contributed by atoms with Crippen molar-refractivity contribution in [2.75, 3.05) is 18.6 Å². The van der Waals surface area contributed by atoms with Crippen LogP contribution < -0.4 is 5.32 Å². The van der Waals surface area contributed by atoms with Gasteiger partial charge < -0.3 is 5.32 Å². The van der Waals surface area contributed by atoms with Crippen molar-refractivity contribution in [1.29, 1.82) is 0 Å². The van der Waals surface area contributed by atoms with Crippen molar-refractivity contribution in [3.05, 3.63) is 29.6 Å². The second kappa shape index (κ2) is 6.12. The predicted molar refractivity (Wildman–Crippen MR) is 69.9 cm³/mol. The second-order valence-electron chi connectivity index (χ2n) is 4.38. The van der Waals surface area contributed by atoms with E-state index in [0.29, 0.717) is 6.42 Å². The molecule has 0 radical (unpaired) electrons. The normalized spacial score (nSPS) is 13.6. The summed E-state index contributed by atoms with van der Waals surface area (Å²) < 4.78 is 22.6. The summed E-state index contributed by atoms with van der Waals surface area (Å²) in [6, 6.07) is 3.87. The average molecular weight is 256 g/mol. The maximum absolute atomic E-state index is 11.3. The van der Waals surface area contributed by atoms with E-state index in [0.717, 1.165) is 17.8 Å². The Bertz CT molecular complexity index is 440. The van der Waals surface area contributed by atoms with Gasteiger partial charge >= 0.3 is 0 Å². The summed E-state index contributed by atoms with van der Waals surface area (Å²) >= 11 is 0. The van der Waals surface area contributed by atoms with Crippen LogP contribution in [0.5, 0.6) is 0 Å². The molecule has 0 amide bonds. The van der Waals surface area contributed by atoms with Crippen molar-refractivity contribution in [3.8, 4) is 0 Å². The van der Waals surface area contributed by atoms with Crippen LogP contribution in [0, 0.1) is 6.92 Å². The molecule has 0 saturated heterocycles. The van der Waals surface area contributed by atoms with E-state index in [4.69, 9.17) is 0 Å². The number of hydrogen-bond donors (Lipinski definition) is 1. The van der Waals surface area contributed by atoms with Gasteiger partial charge in [-0.15, -0.1) is 0 Å². The van der Waals surface area contributed by atoms with Crippen LogP contribution >= 0.6 is 0 Å². The first kappa shape index (κ1) is 14.1. The van der Waals surface area contributed by atoms with E-state index in [2.05, 4.69) is 10.3 Å². The van der Waals surface area contributed by atoms with Crippen molar-refractivity contribution in [1.82, 2.24) is 10.3 Å². The Kier molecular flexibility index (Phi) is 5.08. The fraction of sp³-hybridized carbons (Fsp3) is 0.583. The number of rotatable bonds is 6. The van der Waals surface area contributed by atoms with Gasteiger partial charge in [0.25, 0.3) is 0 Å². The third-order valence-electron chi connectivity index (χ3n) is 2.42. The molecule has 0 spiro atoms. The van der Waals surface area contributed by atoms with E-state index in [-0.39, 0.29) is 11.8 Å². The molecule has 0 saturated carbocycles. The number of pyridine rings is 1. The summed E-state index contributed by atoms with van der Waals surface area (Å²) in [4.78, 5) is 4.30. The lowest BCUT2D eigenvalue weighted by molar-refractivity contribution is 0.541. The van der Waals surface area contributed by atoms with Crippen LogP contribution in [0.1, 0.15) is 18.2 Å². The van der Waals surface area contributed by atoms with Crippen LogP contribution in [0.15, 0.2) is 18.3 Å². The Balaban J connectivity index is 2.69. The molecule has 0 aromatic carbocycles. The molecule has 1 aromatic rings. The number of sulfone groups is 1. The first-order valence-electron chi connectivity index (χ1n) is 5.73. The lowest BCUT2D eigenvalue weighted by atomic mass is 10.1. The molecular weight excluding hydrogens is 236 g/mol. The maximum Gasteiger partial charge on any atom is 0.148 e. The number of nitrogens with one attached hydrogen (secondary N) is 1. The molecule has 96 valence electrons. The van der Waals surface area contributed by atoms with Gasteiger partial charge in [0, 0.05) is 30.6 Å². The van der Waals surface area contributed by atoms with Gasteiger partial charge in [0.2, 0.25) is 0 Å². The van der Waals surface area contributed by atoms with E-state index in [1.807, 2.05) is 26.0 Å². The molecule has 1 aromatic heterocycles. The van der Waals surface area contributed by atoms with E-state index >= 15 is 0 Å². The molecule has 1 heterocycles. The van der Waals surface area contributed by atoms with Crippen LogP contribution in [-0.4, -0.2) is 38.0 Å². The highest BCUT2D eigenvalue weighted by Gasteiger charge is 2.15. The monoisotopic (exact) mass is 256 g/mol.